The third kappa shape index (κ3) is 5.94. The van der Waals surface area contributed by atoms with Gasteiger partial charge >= 0.3 is 0 Å². The van der Waals surface area contributed by atoms with Crippen LogP contribution in [0.25, 0.3) is 0 Å². The minimum Gasteiger partial charge on any atom is -0.459 e. The number of rotatable bonds is 8. The summed E-state index contributed by atoms with van der Waals surface area (Å²) in [6.45, 7) is 4.49. The highest BCUT2D eigenvalue weighted by Crippen LogP contribution is 2.06. The van der Waals surface area contributed by atoms with Gasteiger partial charge < -0.3 is 19.8 Å². The SMILES string of the molecule is O=C(NC(Cc1ccccc1)C(=O)NCCN1CCOCC1)c1ccco1. The lowest BCUT2D eigenvalue weighted by atomic mass is 10.1. The number of carbonyl (C=O) groups excluding carboxylic acids is 2. The molecule has 1 fully saturated rings. The van der Waals surface area contributed by atoms with Crippen molar-refractivity contribution in [1.82, 2.24) is 15.5 Å². The lowest BCUT2D eigenvalue weighted by Gasteiger charge is -2.27. The van der Waals surface area contributed by atoms with Gasteiger partial charge in [-0.3, -0.25) is 14.5 Å². The van der Waals surface area contributed by atoms with E-state index in [2.05, 4.69) is 15.5 Å². The van der Waals surface area contributed by atoms with Crippen LogP contribution < -0.4 is 10.6 Å². The second kappa shape index (κ2) is 9.89. The first-order chi connectivity index (χ1) is 13.2. The molecule has 2 heterocycles. The van der Waals surface area contributed by atoms with Gasteiger partial charge in [0, 0.05) is 32.6 Å². The smallest absolute Gasteiger partial charge is 0.287 e. The number of furan rings is 1. The van der Waals surface area contributed by atoms with E-state index in [9.17, 15) is 9.59 Å². The summed E-state index contributed by atoms with van der Waals surface area (Å²) >= 11 is 0. The zero-order valence-corrected chi connectivity index (χ0v) is 15.2. The zero-order valence-electron chi connectivity index (χ0n) is 15.2. The van der Waals surface area contributed by atoms with Gasteiger partial charge in [0.1, 0.15) is 6.04 Å². The second-order valence-electron chi connectivity index (χ2n) is 6.44. The van der Waals surface area contributed by atoms with E-state index in [1.165, 1.54) is 6.26 Å². The standard InChI is InChI=1S/C20H25N3O4/c24-19(21-8-9-23-10-13-26-14-11-23)17(15-16-5-2-1-3-6-16)22-20(25)18-7-4-12-27-18/h1-7,12,17H,8-11,13-15H2,(H,21,24)(H,22,25). The van der Waals surface area contributed by atoms with E-state index in [-0.39, 0.29) is 11.7 Å². The third-order valence-electron chi connectivity index (χ3n) is 4.48. The largest absolute Gasteiger partial charge is 0.459 e. The molecule has 7 heteroatoms. The molecule has 1 aliphatic rings. The summed E-state index contributed by atoms with van der Waals surface area (Å²) in [7, 11) is 0. The second-order valence-corrected chi connectivity index (χ2v) is 6.44. The predicted octanol–water partition coefficient (Wildman–Crippen LogP) is 1.07. The minimum atomic E-state index is -0.672. The summed E-state index contributed by atoms with van der Waals surface area (Å²) in [5.74, 6) is -0.412. The third-order valence-corrected chi connectivity index (χ3v) is 4.48. The van der Waals surface area contributed by atoms with Gasteiger partial charge in [0.25, 0.3) is 5.91 Å². The Morgan fingerprint density at radius 2 is 1.85 bits per heavy atom. The highest BCUT2D eigenvalue weighted by Gasteiger charge is 2.23. The lowest BCUT2D eigenvalue weighted by molar-refractivity contribution is -0.123. The summed E-state index contributed by atoms with van der Waals surface area (Å²) in [5.41, 5.74) is 0.977. The molecule has 2 amide bonds. The van der Waals surface area contributed by atoms with Crippen molar-refractivity contribution in [3.8, 4) is 0 Å². The fourth-order valence-electron chi connectivity index (χ4n) is 2.98. The van der Waals surface area contributed by atoms with Gasteiger partial charge in [0.2, 0.25) is 5.91 Å². The van der Waals surface area contributed by atoms with Crippen LogP contribution in [-0.2, 0) is 16.0 Å². The van der Waals surface area contributed by atoms with Gasteiger partial charge in [-0.15, -0.1) is 0 Å². The number of carbonyl (C=O) groups is 2. The number of benzene rings is 1. The molecular formula is C20H25N3O4. The molecule has 1 aromatic carbocycles. The van der Waals surface area contributed by atoms with E-state index in [0.717, 1.165) is 38.4 Å². The summed E-state index contributed by atoms with van der Waals surface area (Å²) in [5, 5.41) is 5.71. The van der Waals surface area contributed by atoms with Gasteiger partial charge in [-0.1, -0.05) is 30.3 Å². The number of amides is 2. The molecule has 0 bridgehead atoms. The highest BCUT2D eigenvalue weighted by molar-refractivity contribution is 5.95. The molecule has 144 valence electrons. The molecule has 1 unspecified atom stereocenters. The van der Waals surface area contributed by atoms with Crippen LogP contribution in [-0.4, -0.2) is 62.1 Å². The topological polar surface area (TPSA) is 83.8 Å². The Kier molecular flexibility index (Phi) is 7.01. The molecular weight excluding hydrogens is 346 g/mol. The number of morpholine rings is 1. The number of hydrogen-bond donors (Lipinski definition) is 2. The molecule has 1 saturated heterocycles. The maximum absolute atomic E-state index is 12.7. The van der Waals surface area contributed by atoms with Crippen LogP contribution in [0.2, 0.25) is 0 Å². The van der Waals surface area contributed by atoms with Crippen molar-refractivity contribution in [2.45, 2.75) is 12.5 Å². The van der Waals surface area contributed by atoms with Crippen LogP contribution in [0.1, 0.15) is 16.1 Å². The maximum Gasteiger partial charge on any atom is 0.287 e. The molecule has 0 aliphatic carbocycles. The van der Waals surface area contributed by atoms with E-state index in [1.54, 1.807) is 12.1 Å². The van der Waals surface area contributed by atoms with Crippen LogP contribution >= 0.6 is 0 Å². The van der Waals surface area contributed by atoms with Gasteiger partial charge in [0.05, 0.1) is 19.5 Å². The zero-order chi connectivity index (χ0) is 18.9. The van der Waals surface area contributed by atoms with Crippen molar-refractivity contribution < 1.29 is 18.7 Å². The van der Waals surface area contributed by atoms with Crippen LogP contribution in [0.3, 0.4) is 0 Å². The Bertz CT molecular complexity index is 712. The summed E-state index contributed by atoms with van der Waals surface area (Å²) in [6, 6.07) is 12.2. The van der Waals surface area contributed by atoms with Gasteiger partial charge in [-0.25, -0.2) is 0 Å². The van der Waals surface area contributed by atoms with Crippen molar-refractivity contribution in [2.75, 3.05) is 39.4 Å². The van der Waals surface area contributed by atoms with Crippen LogP contribution in [0.4, 0.5) is 0 Å². The molecule has 0 spiro atoms. The van der Waals surface area contributed by atoms with Crippen molar-refractivity contribution in [3.05, 3.63) is 60.1 Å². The number of ether oxygens (including phenoxy) is 1. The number of hydrogen-bond acceptors (Lipinski definition) is 5. The Hall–Kier alpha value is -2.64. The van der Waals surface area contributed by atoms with Crippen molar-refractivity contribution >= 4 is 11.8 Å². The molecule has 0 radical (unpaired) electrons. The highest BCUT2D eigenvalue weighted by atomic mass is 16.5. The quantitative estimate of drug-likeness (QED) is 0.725. The van der Waals surface area contributed by atoms with Crippen molar-refractivity contribution in [1.29, 1.82) is 0 Å². The first-order valence-electron chi connectivity index (χ1n) is 9.18. The van der Waals surface area contributed by atoms with Crippen LogP contribution in [0.15, 0.2) is 53.1 Å². The van der Waals surface area contributed by atoms with E-state index in [0.29, 0.717) is 13.0 Å². The predicted molar refractivity (Wildman–Crippen MR) is 100 cm³/mol. The molecule has 2 aromatic rings. The molecule has 3 rings (SSSR count). The van der Waals surface area contributed by atoms with Crippen molar-refractivity contribution in [3.63, 3.8) is 0 Å². The molecule has 1 atom stereocenters. The van der Waals surface area contributed by atoms with Crippen molar-refractivity contribution in [2.24, 2.45) is 0 Å². The fourth-order valence-corrected chi connectivity index (χ4v) is 2.98. The average Bonchev–Trinajstić information content (AvgIpc) is 3.24. The number of nitrogens with zero attached hydrogens (tertiary/aromatic N) is 1. The summed E-state index contributed by atoms with van der Waals surface area (Å²) in [6.07, 6.45) is 1.85. The molecule has 1 aromatic heterocycles. The minimum absolute atomic E-state index is 0.189. The first kappa shape index (κ1) is 19.1. The van der Waals surface area contributed by atoms with Gasteiger partial charge in [-0.2, -0.15) is 0 Å². The average molecular weight is 371 g/mol. The van der Waals surface area contributed by atoms with E-state index in [1.807, 2.05) is 30.3 Å². The summed E-state index contributed by atoms with van der Waals surface area (Å²) in [4.78, 5) is 27.3. The normalized spacial score (nSPS) is 15.9. The fraction of sp³-hybridized carbons (Fsp3) is 0.400. The van der Waals surface area contributed by atoms with Gasteiger partial charge in [0.15, 0.2) is 5.76 Å². The molecule has 27 heavy (non-hydrogen) atoms. The molecule has 2 N–H and O–H groups in total. The maximum atomic E-state index is 12.7. The Morgan fingerprint density at radius 3 is 2.56 bits per heavy atom. The van der Waals surface area contributed by atoms with Gasteiger partial charge in [-0.05, 0) is 17.7 Å². The van der Waals surface area contributed by atoms with E-state index >= 15 is 0 Å². The molecule has 7 nitrogen and oxygen atoms in total. The Balaban J connectivity index is 1.57. The Labute approximate surface area is 158 Å². The lowest BCUT2D eigenvalue weighted by Crippen LogP contribution is -2.50. The molecule has 1 aliphatic heterocycles. The number of nitrogens with one attached hydrogen (secondary N) is 2. The van der Waals surface area contributed by atoms with Crippen LogP contribution in [0.5, 0.6) is 0 Å². The first-order valence-corrected chi connectivity index (χ1v) is 9.18. The van der Waals surface area contributed by atoms with E-state index in [4.69, 9.17) is 9.15 Å². The monoisotopic (exact) mass is 371 g/mol. The Morgan fingerprint density at radius 1 is 1.07 bits per heavy atom. The van der Waals surface area contributed by atoms with Crippen LogP contribution in [0, 0.1) is 0 Å². The molecule has 0 saturated carbocycles. The van der Waals surface area contributed by atoms with E-state index < -0.39 is 11.9 Å². The summed E-state index contributed by atoms with van der Waals surface area (Å²) < 4.78 is 10.4.